The standard InChI is InChI=1S/C20H21F3N10O9P2S2/c21-19(33-6-29-9-13(24)26-4-27-14(9)33)3-37-7-1-38-43(35,45)42-12-17(32-5-28-10-15(32)30-18(25)31-16(10)34)40-8(20(12,22)23)2-39-44(36,46)41-11(7)19/h4-8,11-12,17H,1-3H2,(H,35,45)(H,36,46)(H2,24,26,27)(H3,25,30,31,34)/t7-,8-,11-,12+,17-,19-,43?,44?/m1/s1. The SMILES string of the molecule is Nc1nc2c(ncn2[C@@H]2O[C@@H]3COP(O)(=S)O[C@@H]4[C@@H](COP(O)(=S)O[C@@H]2C3(F)F)OC[C@@]4(F)n2cnc3c(N)ncnc32)c(=O)[nH]1. The predicted molar refractivity (Wildman–Crippen MR) is 155 cm³/mol. The van der Waals surface area contributed by atoms with Gasteiger partial charge in [-0.2, -0.15) is 4.98 Å². The predicted octanol–water partition coefficient (Wildman–Crippen LogP) is -0.0715. The van der Waals surface area contributed by atoms with Gasteiger partial charge in [-0.15, -0.1) is 0 Å². The second-order valence-electron chi connectivity index (χ2n) is 10.3. The number of hydrogen-bond acceptors (Lipinski definition) is 16. The molecule has 0 aromatic carbocycles. The van der Waals surface area contributed by atoms with E-state index in [2.05, 4.69) is 29.9 Å². The largest absolute Gasteiger partial charge is 0.382 e. The van der Waals surface area contributed by atoms with Crippen LogP contribution in [0.1, 0.15) is 6.23 Å². The van der Waals surface area contributed by atoms with Gasteiger partial charge < -0.3 is 39.8 Å². The topological polar surface area (TPSA) is 255 Å². The number of aromatic nitrogens is 8. The summed E-state index contributed by atoms with van der Waals surface area (Å²) in [6, 6.07) is 0. The Balaban J connectivity index is 1.25. The summed E-state index contributed by atoms with van der Waals surface area (Å²) in [5.74, 6) is -7.15. The number of fused-ring (bicyclic) bond motifs is 5. The number of alkyl halides is 3. The number of nitrogens with zero attached hydrogens (tertiary/aromatic N) is 7. The van der Waals surface area contributed by atoms with Crippen LogP contribution in [0, 0.1) is 0 Å². The molecule has 2 unspecified atom stereocenters. The van der Waals surface area contributed by atoms with Crippen LogP contribution in [-0.2, 0) is 57.0 Å². The maximum atomic E-state index is 16.9. The fraction of sp³-hybridized carbons (Fsp3) is 0.500. The molecule has 0 saturated carbocycles. The van der Waals surface area contributed by atoms with E-state index in [4.69, 9.17) is 62.6 Å². The van der Waals surface area contributed by atoms with E-state index in [0.717, 1.165) is 28.1 Å². The normalized spacial score (nSPS) is 36.7. The molecule has 0 amide bonds. The van der Waals surface area contributed by atoms with Crippen molar-refractivity contribution in [2.24, 2.45) is 0 Å². The van der Waals surface area contributed by atoms with E-state index in [1.54, 1.807) is 0 Å². The van der Waals surface area contributed by atoms with E-state index < -0.39 is 81.2 Å². The van der Waals surface area contributed by atoms with Gasteiger partial charge in [-0.3, -0.25) is 28.0 Å². The second-order valence-corrected chi connectivity index (χ2v) is 15.8. The van der Waals surface area contributed by atoms with Crippen LogP contribution in [0.4, 0.5) is 24.9 Å². The van der Waals surface area contributed by atoms with Crippen molar-refractivity contribution in [2.75, 3.05) is 31.3 Å². The molecule has 4 aromatic heterocycles. The highest BCUT2D eigenvalue weighted by Crippen LogP contribution is 2.57. The van der Waals surface area contributed by atoms with Gasteiger partial charge in [0, 0.05) is 0 Å². The number of imidazole rings is 2. The third kappa shape index (κ3) is 5.22. The van der Waals surface area contributed by atoms with Crippen molar-refractivity contribution in [3.63, 3.8) is 0 Å². The Labute approximate surface area is 263 Å². The molecule has 8 atom stereocenters. The maximum absolute atomic E-state index is 16.9. The first-order valence-corrected chi connectivity index (χ1v) is 18.1. The molecule has 46 heavy (non-hydrogen) atoms. The van der Waals surface area contributed by atoms with Gasteiger partial charge >= 0.3 is 19.4 Å². The lowest BCUT2D eigenvalue weighted by atomic mass is 10.1. The molecule has 0 spiro atoms. The number of nitrogens with one attached hydrogen (secondary N) is 1. The smallest absolute Gasteiger partial charge is 0.325 e. The molecule has 7 rings (SSSR count). The van der Waals surface area contributed by atoms with E-state index in [0.29, 0.717) is 0 Å². The third-order valence-electron chi connectivity index (χ3n) is 7.42. The zero-order valence-electron chi connectivity index (χ0n) is 22.6. The Morgan fingerprint density at radius 1 is 0.978 bits per heavy atom. The number of aromatic amines is 1. The zero-order chi connectivity index (χ0) is 32.8. The average Bonchev–Trinajstić information content (AvgIpc) is 3.72. The van der Waals surface area contributed by atoms with Gasteiger partial charge in [0.2, 0.25) is 11.7 Å². The lowest BCUT2D eigenvalue weighted by molar-refractivity contribution is -0.118. The average molecular weight is 729 g/mol. The molecular formula is C20H21F3N10O9P2S2. The second kappa shape index (κ2) is 10.9. The van der Waals surface area contributed by atoms with Crippen LogP contribution in [0.25, 0.3) is 22.3 Å². The lowest BCUT2D eigenvalue weighted by Crippen LogP contribution is -2.45. The van der Waals surface area contributed by atoms with Crippen LogP contribution < -0.4 is 17.0 Å². The summed E-state index contributed by atoms with van der Waals surface area (Å²) in [6.45, 7) is -11.9. The number of anilines is 2. The van der Waals surface area contributed by atoms with Gasteiger partial charge in [-0.1, -0.05) is 0 Å². The molecular weight excluding hydrogens is 707 g/mol. The molecule has 26 heteroatoms. The van der Waals surface area contributed by atoms with Crippen LogP contribution in [0.3, 0.4) is 0 Å². The van der Waals surface area contributed by atoms with Crippen molar-refractivity contribution >= 4 is 71.1 Å². The number of hydrogen-bond donors (Lipinski definition) is 5. The first kappa shape index (κ1) is 31.8. The lowest BCUT2D eigenvalue weighted by Gasteiger charge is -2.32. The van der Waals surface area contributed by atoms with Gasteiger partial charge in [-0.25, -0.2) is 33.1 Å². The molecule has 7 heterocycles. The van der Waals surface area contributed by atoms with Crippen molar-refractivity contribution in [2.45, 2.75) is 42.4 Å². The van der Waals surface area contributed by atoms with Crippen molar-refractivity contribution in [3.05, 3.63) is 29.3 Å². The van der Waals surface area contributed by atoms with Crippen LogP contribution in [0.2, 0.25) is 0 Å². The molecule has 3 saturated heterocycles. The van der Waals surface area contributed by atoms with E-state index in [1.165, 1.54) is 0 Å². The minimum absolute atomic E-state index is 0.0425. The highest BCUT2D eigenvalue weighted by atomic mass is 32.5. The fourth-order valence-corrected chi connectivity index (χ4v) is 8.11. The number of ether oxygens (including phenoxy) is 2. The summed E-state index contributed by atoms with van der Waals surface area (Å²) < 4.78 is 83.2. The van der Waals surface area contributed by atoms with Gasteiger partial charge in [0.1, 0.15) is 24.6 Å². The molecule has 2 bridgehead atoms. The highest BCUT2D eigenvalue weighted by molar-refractivity contribution is 8.07. The number of H-pyrrole nitrogens is 1. The Morgan fingerprint density at radius 2 is 1.67 bits per heavy atom. The monoisotopic (exact) mass is 728 g/mol. The minimum atomic E-state index is -4.63. The summed E-state index contributed by atoms with van der Waals surface area (Å²) in [4.78, 5) is 56.1. The summed E-state index contributed by atoms with van der Waals surface area (Å²) in [7, 11) is 0. The Hall–Kier alpha value is -2.73. The number of halogens is 3. The molecule has 3 fully saturated rings. The molecule has 3 aliphatic heterocycles. The van der Waals surface area contributed by atoms with Crippen LogP contribution in [0.5, 0.6) is 0 Å². The maximum Gasteiger partial charge on any atom is 0.325 e. The van der Waals surface area contributed by atoms with E-state index in [1.807, 2.05) is 0 Å². The Bertz CT molecular complexity index is 2020. The quantitative estimate of drug-likeness (QED) is 0.169. The van der Waals surface area contributed by atoms with Crippen molar-refractivity contribution in [1.29, 1.82) is 0 Å². The number of nitrogen functional groups attached to an aromatic ring is 2. The molecule has 19 nitrogen and oxygen atoms in total. The van der Waals surface area contributed by atoms with Crippen LogP contribution in [0.15, 0.2) is 23.8 Å². The summed E-state index contributed by atoms with van der Waals surface area (Å²) in [5.41, 5.74) is 10.1. The zero-order valence-corrected chi connectivity index (χ0v) is 26.0. The Morgan fingerprint density at radius 3 is 2.43 bits per heavy atom. The van der Waals surface area contributed by atoms with E-state index in [-0.39, 0.29) is 34.1 Å². The molecule has 3 aliphatic rings. The third-order valence-corrected chi connectivity index (χ3v) is 10.5. The molecule has 0 radical (unpaired) electrons. The van der Waals surface area contributed by atoms with E-state index >= 15 is 13.2 Å². The first-order chi connectivity index (χ1) is 21.6. The fourth-order valence-electron chi connectivity index (χ4n) is 5.29. The minimum Gasteiger partial charge on any atom is -0.382 e. The van der Waals surface area contributed by atoms with Crippen LogP contribution in [-0.4, -0.2) is 99.0 Å². The van der Waals surface area contributed by atoms with Gasteiger partial charge in [0.05, 0.1) is 25.9 Å². The molecule has 4 aromatic rings. The van der Waals surface area contributed by atoms with E-state index in [9.17, 15) is 14.6 Å². The molecule has 248 valence electrons. The molecule has 7 N–H and O–H groups in total. The summed E-state index contributed by atoms with van der Waals surface area (Å²) >= 11 is 10.1. The molecule has 0 aliphatic carbocycles. The summed E-state index contributed by atoms with van der Waals surface area (Å²) in [5, 5.41) is 0. The van der Waals surface area contributed by atoms with Crippen LogP contribution >= 0.6 is 13.4 Å². The number of rotatable bonds is 2. The van der Waals surface area contributed by atoms with Gasteiger partial charge in [0.25, 0.3) is 5.56 Å². The van der Waals surface area contributed by atoms with Gasteiger partial charge in [-0.05, 0) is 23.6 Å². The van der Waals surface area contributed by atoms with Gasteiger partial charge in [0.15, 0.2) is 47.2 Å². The van der Waals surface area contributed by atoms with Crippen molar-refractivity contribution in [3.8, 4) is 0 Å². The Kier molecular flexibility index (Phi) is 7.55. The first-order valence-electron chi connectivity index (χ1n) is 12.9. The highest BCUT2D eigenvalue weighted by Gasteiger charge is 2.63. The van der Waals surface area contributed by atoms with Crippen molar-refractivity contribution in [1.82, 2.24) is 39.0 Å². The summed E-state index contributed by atoms with van der Waals surface area (Å²) in [6.07, 6.45) is -6.75. The number of nitrogens with two attached hydrogens (primary N) is 2. The van der Waals surface area contributed by atoms with Crippen molar-refractivity contribution < 1.29 is 50.5 Å².